The molecular weight excluding hydrogens is 377 g/mol. The average molecular weight is 396 g/mol. The Morgan fingerprint density at radius 1 is 1.29 bits per heavy atom. The fourth-order valence-corrected chi connectivity index (χ4v) is 2.68. The second-order valence-corrected chi connectivity index (χ2v) is 6.13. The van der Waals surface area contributed by atoms with Crippen LogP contribution in [0.5, 0.6) is 11.5 Å². The number of ether oxygens (including phenoxy) is 2. The number of methoxy groups -OCH3 is 1. The van der Waals surface area contributed by atoms with Crippen LogP contribution in [0.4, 0.5) is 10.1 Å². The quantitative estimate of drug-likeness (QED) is 0.752. The van der Waals surface area contributed by atoms with Crippen molar-refractivity contribution < 1.29 is 18.7 Å². The lowest BCUT2D eigenvalue weighted by molar-refractivity contribution is 0.102. The van der Waals surface area contributed by atoms with Gasteiger partial charge in [-0.15, -0.1) is 0 Å². The van der Waals surface area contributed by atoms with Crippen LogP contribution in [-0.2, 0) is 0 Å². The summed E-state index contributed by atoms with van der Waals surface area (Å²) in [6, 6.07) is 7.74. The fraction of sp³-hybridized carbons (Fsp3) is 0.278. The van der Waals surface area contributed by atoms with Crippen LogP contribution in [0.15, 0.2) is 34.8 Å². The van der Waals surface area contributed by atoms with E-state index in [4.69, 9.17) is 9.47 Å². The van der Waals surface area contributed by atoms with Gasteiger partial charge in [0.2, 0.25) is 0 Å². The highest BCUT2D eigenvalue weighted by Gasteiger charge is 2.16. The minimum atomic E-state index is -0.483. The number of hydrogen-bond acceptors (Lipinski definition) is 3. The standard InChI is InChI=1S/C18H19BrFNO3/c1-4-7-24-17-13(19)9-12(10-16(17)23-3)18(22)21-15-8-11(2)5-6-14(15)20/h5-6,8-10H,4,7H2,1-3H3,(H,21,22). The molecule has 0 aliphatic heterocycles. The Hall–Kier alpha value is -2.08. The molecule has 24 heavy (non-hydrogen) atoms. The minimum absolute atomic E-state index is 0.140. The van der Waals surface area contributed by atoms with Gasteiger partial charge in [0, 0.05) is 5.56 Å². The molecule has 128 valence electrons. The summed E-state index contributed by atoms with van der Waals surface area (Å²) in [5.74, 6) is 0.0637. The molecule has 0 aliphatic rings. The molecule has 1 amide bonds. The maximum Gasteiger partial charge on any atom is 0.255 e. The van der Waals surface area contributed by atoms with Crippen molar-refractivity contribution in [2.75, 3.05) is 19.0 Å². The van der Waals surface area contributed by atoms with Crippen LogP contribution in [0.25, 0.3) is 0 Å². The van der Waals surface area contributed by atoms with E-state index >= 15 is 0 Å². The average Bonchev–Trinajstić information content (AvgIpc) is 2.56. The third-order valence-corrected chi connectivity index (χ3v) is 3.90. The molecule has 4 nitrogen and oxygen atoms in total. The van der Waals surface area contributed by atoms with Crippen LogP contribution in [-0.4, -0.2) is 19.6 Å². The SMILES string of the molecule is CCCOc1c(Br)cc(C(=O)Nc2cc(C)ccc2F)cc1OC. The third kappa shape index (κ3) is 4.26. The normalized spacial score (nSPS) is 10.4. The van der Waals surface area contributed by atoms with Crippen molar-refractivity contribution in [3.8, 4) is 11.5 Å². The molecule has 0 saturated heterocycles. The van der Waals surface area contributed by atoms with Crippen LogP contribution in [0.1, 0.15) is 29.3 Å². The largest absolute Gasteiger partial charge is 0.493 e. The first-order chi connectivity index (χ1) is 11.5. The van der Waals surface area contributed by atoms with E-state index in [1.54, 1.807) is 24.3 Å². The molecule has 6 heteroatoms. The fourth-order valence-electron chi connectivity index (χ4n) is 2.12. The van der Waals surface area contributed by atoms with Crippen molar-refractivity contribution in [1.29, 1.82) is 0 Å². The molecule has 0 heterocycles. The summed E-state index contributed by atoms with van der Waals surface area (Å²) >= 11 is 3.39. The second kappa shape index (κ2) is 8.15. The zero-order chi connectivity index (χ0) is 17.7. The number of nitrogens with one attached hydrogen (secondary N) is 1. The molecule has 0 fully saturated rings. The van der Waals surface area contributed by atoms with Gasteiger partial charge in [-0.2, -0.15) is 0 Å². The monoisotopic (exact) mass is 395 g/mol. The summed E-state index contributed by atoms with van der Waals surface area (Å²) in [7, 11) is 1.50. The first kappa shape index (κ1) is 18.3. The Bertz CT molecular complexity index is 749. The maximum atomic E-state index is 13.8. The van der Waals surface area contributed by atoms with Crippen LogP contribution in [0, 0.1) is 12.7 Å². The Morgan fingerprint density at radius 2 is 2.04 bits per heavy atom. The number of amides is 1. The zero-order valence-electron chi connectivity index (χ0n) is 13.8. The number of carbonyl (C=O) groups is 1. The first-order valence-electron chi connectivity index (χ1n) is 7.54. The van der Waals surface area contributed by atoms with Gasteiger partial charge in [0.25, 0.3) is 5.91 Å². The summed E-state index contributed by atoms with van der Waals surface area (Å²) in [4.78, 5) is 12.4. The number of aryl methyl sites for hydroxylation is 1. The lowest BCUT2D eigenvalue weighted by Gasteiger charge is -2.14. The summed E-state index contributed by atoms with van der Waals surface area (Å²) < 4.78 is 25.3. The van der Waals surface area contributed by atoms with Crippen molar-refractivity contribution in [1.82, 2.24) is 0 Å². The zero-order valence-corrected chi connectivity index (χ0v) is 15.4. The van der Waals surface area contributed by atoms with Gasteiger partial charge in [-0.3, -0.25) is 4.79 Å². The molecule has 0 bridgehead atoms. The Balaban J connectivity index is 2.29. The van der Waals surface area contributed by atoms with Crippen molar-refractivity contribution in [3.63, 3.8) is 0 Å². The molecule has 1 N–H and O–H groups in total. The molecule has 2 aromatic rings. The van der Waals surface area contributed by atoms with Crippen LogP contribution < -0.4 is 14.8 Å². The number of halogens is 2. The molecule has 2 rings (SSSR count). The van der Waals surface area contributed by atoms with Crippen molar-refractivity contribution in [2.24, 2.45) is 0 Å². The van der Waals surface area contributed by atoms with Gasteiger partial charge in [0.05, 0.1) is 23.9 Å². The molecule has 0 unspecified atom stereocenters. The van der Waals surface area contributed by atoms with Gasteiger partial charge in [-0.25, -0.2) is 4.39 Å². The number of rotatable bonds is 6. The Labute approximate surface area is 149 Å². The molecular formula is C18H19BrFNO3. The number of hydrogen-bond donors (Lipinski definition) is 1. The first-order valence-corrected chi connectivity index (χ1v) is 8.33. The van der Waals surface area contributed by atoms with E-state index < -0.39 is 11.7 Å². The highest BCUT2D eigenvalue weighted by molar-refractivity contribution is 9.10. The van der Waals surface area contributed by atoms with Gasteiger partial charge >= 0.3 is 0 Å². The van der Waals surface area contributed by atoms with Gasteiger partial charge < -0.3 is 14.8 Å². The highest BCUT2D eigenvalue weighted by atomic mass is 79.9. The minimum Gasteiger partial charge on any atom is -0.493 e. The van der Waals surface area contributed by atoms with Crippen LogP contribution in [0.3, 0.4) is 0 Å². The predicted octanol–water partition coefficient (Wildman–Crippen LogP) is 4.95. The molecule has 0 radical (unpaired) electrons. The number of benzene rings is 2. The lowest BCUT2D eigenvalue weighted by atomic mass is 10.1. The highest BCUT2D eigenvalue weighted by Crippen LogP contribution is 2.37. The molecule has 0 aromatic heterocycles. The Morgan fingerprint density at radius 3 is 2.71 bits per heavy atom. The summed E-state index contributed by atoms with van der Waals surface area (Å²) in [6.07, 6.45) is 0.852. The molecule has 0 aliphatic carbocycles. The summed E-state index contributed by atoms with van der Waals surface area (Å²) in [6.45, 7) is 4.36. The third-order valence-electron chi connectivity index (χ3n) is 3.31. The molecule has 0 spiro atoms. The molecule has 0 atom stereocenters. The predicted molar refractivity (Wildman–Crippen MR) is 95.6 cm³/mol. The van der Waals surface area contributed by atoms with E-state index in [2.05, 4.69) is 21.2 Å². The molecule has 2 aromatic carbocycles. The van der Waals surface area contributed by atoms with E-state index in [1.165, 1.54) is 13.2 Å². The lowest BCUT2D eigenvalue weighted by Crippen LogP contribution is -2.13. The van der Waals surface area contributed by atoms with E-state index in [0.717, 1.165) is 12.0 Å². The van der Waals surface area contributed by atoms with Crippen LogP contribution >= 0.6 is 15.9 Å². The van der Waals surface area contributed by atoms with Crippen molar-refractivity contribution in [3.05, 3.63) is 51.7 Å². The van der Waals surface area contributed by atoms with Crippen molar-refractivity contribution >= 4 is 27.5 Å². The number of carbonyl (C=O) groups excluding carboxylic acids is 1. The van der Waals surface area contributed by atoms with E-state index in [1.807, 2.05) is 13.8 Å². The Kier molecular flexibility index (Phi) is 6.20. The van der Waals surface area contributed by atoms with Crippen LogP contribution in [0.2, 0.25) is 0 Å². The smallest absolute Gasteiger partial charge is 0.255 e. The van der Waals surface area contributed by atoms with Crippen molar-refractivity contribution in [2.45, 2.75) is 20.3 Å². The van der Waals surface area contributed by atoms with Gasteiger partial charge in [-0.1, -0.05) is 13.0 Å². The molecule has 0 saturated carbocycles. The van der Waals surface area contributed by atoms with Gasteiger partial charge in [0.15, 0.2) is 11.5 Å². The van der Waals surface area contributed by atoms with E-state index in [-0.39, 0.29) is 5.69 Å². The van der Waals surface area contributed by atoms with E-state index in [0.29, 0.717) is 28.1 Å². The topological polar surface area (TPSA) is 47.6 Å². The maximum absolute atomic E-state index is 13.8. The van der Waals surface area contributed by atoms with Gasteiger partial charge in [0.1, 0.15) is 5.82 Å². The van der Waals surface area contributed by atoms with E-state index in [9.17, 15) is 9.18 Å². The van der Waals surface area contributed by atoms with Gasteiger partial charge in [-0.05, 0) is 59.1 Å². The summed E-state index contributed by atoms with van der Waals surface area (Å²) in [5.41, 5.74) is 1.33. The second-order valence-electron chi connectivity index (χ2n) is 5.28. The number of anilines is 1. The summed E-state index contributed by atoms with van der Waals surface area (Å²) in [5, 5.41) is 2.58.